The fourth-order valence-electron chi connectivity index (χ4n) is 4.43. The van der Waals surface area contributed by atoms with Gasteiger partial charge >= 0.3 is 0 Å². The van der Waals surface area contributed by atoms with Gasteiger partial charge in [0, 0.05) is 49.5 Å². The summed E-state index contributed by atoms with van der Waals surface area (Å²) in [5.74, 6) is -0.0802. The van der Waals surface area contributed by atoms with Crippen molar-refractivity contribution in [1.82, 2.24) is 34.3 Å². The van der Waals surface area contributed by atoms with Gasteiger partial charge in [-0.05, 0) is 24.6 Å². The molecule has 0 aromatic carbocycles. The zero-order valence-electron chi connectivity index (χ0n) is 17.8. The molecule has 11 nitrogen and oxygen atoms in total. The van der Waals surface area contributed by atoms with Crippen LogP contribution in [0.5, 0.6) is 0 Å². The van der Waals surface area contributed by atoms with Gasteiger partial charge in [0.15, 0.2) is 11.5 Å². The molecule has 6 rings (SSSR count). The smallest absolute Gasteiger partial charge is 0.274 e. The molecule has 2 aliphatic rings. The maximum absolute atomic E-state index is 13.2. The lowest BCUT2D eigenvalue weighted by molar-refractivity contribution is 0.0258. The number of pyridine rings is 2. The van der Waals surface area contributed by atoms with Gasteiger partial charge in [0.2, 0.25) is 0 Å². The number of fused-ring (bicyclic) bond motifs is 3. The molecule has 2 aliphatic heterocycles. The van der Waals surface area contributed by atoms with Crippen molar-refractivity contribution in [3.8, 4) is 11.4 Å². The van der Waals surface area contributed by atoms with E-state index < -0.39 is 5.91 Å². The van der Waals surface area contributed by atoms with Gasteiger partial charge in [0.05, 0.1) is 30.5 Å². The molecule has 0 spiro atoms. The second kappa shape index (κ2) is 7.48. The molecule has 0 unspecified atom stereocenters. The number of ether oxygens (including phenoxy) is 1. The highest BCUT2D eigenvalue weighted by molar-refractivity contribution is 6.11. The van der Waals surface area contributed by atoms with Gasteiger partial charge in [0.25, 0.3) is 11.8 Å². The van der Waals surface area contributed by atoms with E-state index in [0.29, 0.717) is 30.3 Å². The molecule has 6 heterocycles. The van der Waals surface area contributed by atoms with Gasteiger partial charge < -0.3 is 15.0 Å². The number of hydrogen-bond donors (Lipinski definition) is 1. The van der Waals surface area contributed by atoms with E-state index in [1.807, 2.05) is 12.1 Å². The molecule has 2 bridgehead atoms. The first-order valence-electron chi connectivity index (χ1n) is 10.6. The lowest BCUT2D eigenvalue weighted by atomic mass is 10.2. The van der Waals surface area contributed by atoms with Crippen LogP contribution in [0.4, 0.5) is 5.69 Å². The van der Waals surface area contributed by atoms with Crippen LogP contribution in [0.25, 0.3) is 17.0 Å². The number of morpholine rings is 1. The van der Waals surface area contributed by atoms with Crippen molar-refractivity contribution in [2.24, 2.45) is 7.05 Å². The third kappa shape index (κ3) is 3.33. The van der Waals surface area contributed by atoms with Gasteiger partial charge in [0.1, 0.15) is 5.69 Å². The highest BCUT2D eigenvalue weighted by Crippen LogP contribution is 2.30. The summed E-state index contributed by atoms with van der Waals surface area (Å²) in [5, 5.41) is 11.5. The van der Waals surface area contributed by atoms with E-state index in [-0.39, 0.29) is 29.3 Å². The molecular weight excluding hydrogens is 424 g/mol. The first kappa shape index (κ1) is 19.6. The second-order valence-electron chi connectivity index (χ2n) is 8.18. The molecular formula is C22H20N8O3. The molecule has 166 valence electrons. The second-order valence-corrected chi connectivity index (χ2v) is 8.18. The number of aryl methyl sites for hydroxylation is 1. The number of anilines is 1. The van der Waals surface area contributed by atoms with Crippen LogP contribution in [0, 0.1) is 0 Å². The maximum atomic E-state index is 13.2. The number of likely N-dealkylation sites (tertiary alicyclic amines) is 1. The summed E-state index contributed by atoms with van der Waals surface area (Å²) < 4.78 is 8.63. The van der Waals surface area contributed by atoms with Gasteiger partial charge in [-0.2, -0.15) is 5.10 Å². The molecule has 2 atom stereocenters. The van der Waals surface area contributed by atoms with Crippen molar-refractivity contribution in [3.05, 3.63) is 60.3 Å². The lowest BCUT2D eigenvalue weighted by Gasteiger charge is -2.26. The Bertz CT molecular complexity index is 1380. The minimum Gasteiger partial charge on any atom is -0.374 e. The summed E-state index contributed by atoms with van der Waals surface area (Å²) in [7, 11) is 1.65. The number of rotatable bonds is 4. The first-order valence-corrected chi connectivity index (χ1v) is 10.6. The minimum absolute atomic E-state index is 0.0583. The summed E-state index contributed by atoms with van der Waals surface area (Å²) >= 11 is 0. The molecule has 4 aromatic rings. The largest absolute Gasteiger partial charge is 0.374 e. The molecule has 4 aromatic heterocycles. The molecule has 33 heavy (non-hydrogen) atoms. The van der Waals surface area contributed by atoms with Crippen molar-refractivity contribution in [3.63, 3.8) is 0 Å². The fourth-order valence-corrected chi connectivity index (χ4v) is 4.43. The van der Waals surface area contributed by atoms with Crippen LogP contribution in [0.15, 0.2) is 49.1 Å². The number of nitrogens with zero attached hydrogens (tertiary/aromatic N) is 7. The predicted molar refractivity (Wildman–Crippen MR) is 117 cm³/mol. The van der Waals surface area contributed by atoms with Crippen molar-refractivity contribution in [2.45, 2.75) is 18.6 Å². The van der Waals surface area contributed by atoms with E-state index in [1.165, 1.54) is 10.9 Å². The summed E-state index contributed by atoms with van der Waals surface area (Å²) in [5.41, 5.74) is 2.39. The van der Waals surface area contributed by atoms with Gasteiger partial charge in [-0.1, -0.05) is 0 Å². The number of carbonyl (C=O) groups is 2. The molecule has 2 saturated heterocycles. The van der Waals surface area contributed by atoms with Crippen LogP contribution >= 0.6 is 0 Å². The average Bonchev–Trinajstić information content (AvgIpc) is 3.62. The molecule has 0 aliphatic carbocycles. The maximum Gasteiger partial charge on any atom is 0.274 e. The van der Waals surface area contributed by atoms with Crippen LogP contribution in [0.2, 0.25) is 0 Å². The van der Waals surface area contributed by atoms with E-state index in [2.05, 4.69) is 25.5 Å². The van der Waals surface area contributed by atoms with E-state index >= 15 is 0 Å². The average molecular weight is 444 g/mol. The molecule has 11 heteroatoms. The molecule has 2 amide bonds. The Labute approximate surface area is 188 Å². The van der Waals surface area contributed by atoms with Gasteiger partial charge in [-0.15, -0.1) is 5.10 Å². The Morgan fingerprint density at radius 1 is 1.24 bits per heavy atom. The number of amides is 2. The van der Waals surface area contributed by atoms with Crippen LogP contribution in [0.3, 0.4) is 0 Å². The molecule has 1 N–H and O–H groups in total. The highest BCUT2D eigenvalue weighted by atomic mass is 16.5. The highest BCUT2D eigenvalue weighted by Gasteiger charge is 2.42. The van der Waals surface area contributed by atoms with Crippen molar-refractivity contribution in [2.75, 3.05) is 18.5 Å². The van der Waals surface area contributed by atoms with Crippen LogP contribution in [-0.4, -0.2) is 71.4 Å². The summed E-state index contributed by atoms with van der Waals surface area (Å²) in [6, 6.07) is 7.20. The number of aromatic nitrogens is 6. The monoisotopic (exact) mass is 444 g/mol. The zero-order chi connectivity index (χ0) is 22.5. The Kier molecular flexibility index (Phi) is 4.44. The normalized spacial score (nSPS) is 19.4. The molecule has 0 radical (unpaired) electrons. The van der Waals surface area contributed by atoms with E-state index in [9.17, 15) is 9.59 Å². The number of hydrogen-bond acceptors (Lipinski definition) is 7. The van der Waals surface area contributed by atoms with Crippen molar-refractivity contribution < 1.29 is 14.3 Å². The van der Waals surface area contributed by atoms with Crippen LogP contribution < -0.4 is 5.32 Å². The topological polar surface area (TPSA) is 120 Å². The third-order valence-corrected chi connectivity index (χ3v) is 6.06. The van der Waals surface area contributed by atoms with Gasteiger partial charge in [-0.25, -0.2) is 9.50 Å². The number of carbonyl (C=O) groups excluding carboxylic acids is 2. The van der Waals surface area contributed by atoms with Crippen molar-refractivity contribution >= 4 is 23.1 Å². The standard InChI is InChI=1S/C22H20N8O3/c1-28-19(17(10-24-28)22(32)29-11-16-8-15(29)12-33-16)21(31)25-14-4-6-30-18(7-14)26-20(27-30)13-3-2-5-23-9-13/h2-7,9-10,15-16H,8,11-12H2,1H3,(H,25,31)/t15-,16-/m1/s1. The Morgan fingerprint density at radius 2 is 2.15 bits per heavy atom. The van der Waals surface area contributed by atoms with E-state index in [0.717, 1.165) is 12.0 Å². The Hall–Kier alpha value is -4.12. The summed E-state index contributed by atoms with van der Waals surface area (Å²) in [6.45, 7) is 1.08. The van der Waals surface area contributed by atoms with E-state index in [1.54, 1.807) is 47.2 Å². The lowest BCUT2D eigenvalue weighted by Crippen LogP contribution is -2.42. The van der Waals surface area contributed by atoms with E-state index in [4.69, 9.17) is 4.74 Å². The fraction of sp³-hybridized carbons (Fsp3) is 0.273. The summed E-state index contributed by atoms with van der Waals surface area (Å²) in [6.07, 6.45) is 7.47. The zero-order valence-corrected chi connectivity index (χ0v) is 17.8. The van der Waals surface area contributed by atoms with Gasteiger partial charge in [-0.3, -0.25) is 19.3 Å². The molecule has 0 saturated carbocycles. The Morgan fingerprint density at radius 3 is 2.91 bits per heavy atom. The van der Waals surface area contributed by atoms with Crippen LogP contribution in [0.1, 0.15) is 27.3 Å². The van der Waals surface area contributed by atoms with Crippen LogP contribution in [-0.2, 0) is 11.8 Å². The SMILES string of the molecule is Cn1ncc(C(=O)N2C[C@H]3C[C@@H]2CO3)c1C(=O)Nc1ccn2nc(-c3cccnc3)nc2c1. The minimum atomic E-state index is -0.421. The molecule has 2 fully saturated rings. The Balaban J connectivity index is 1.25. The number of nitrogens with one attached hydrogen (secondary N) is 1. The first-order chi connectivity index (χ1) is 16.1. The summed E-state index contributed by atoms with van der Waals surface area (Å²) in [4.78, 5) is 36.7. The quantitative estimate of drug-likeness (QED) is 0.505. The predicted octanol–water partition coefficient (Wildman–Crippen LogP) is 1.39. The third-order valence-electron chi connectivity index (χ3n) is 6.06. The van der Waals surface area contributed by atoms with Crippen molar-refractivity contribution in [1.29, 1.82) is 0 Å².